The molecule has 0 atom stereocenters. The van der Waals surface area contributed by atoms with Crippen LogP contribution in [0, 0.1) is 11.3 Å². The molecule has 0 fully saturated rings. The molecule has 0 unspecified atom stereocenters. The first-order valence-electron chi connectivity index (χ1n) is 10.0. The summed E-state index contributed by atoms with van der Waals surface area (Å²) in [5.74, 6) is 0. The molecule has 6 rings (SSSR count). The molecule has 2 aromatic heterocycles. The number of fused-ring (bicyclic) bond motifs is 3. The van der Waals surface area contributed by atoms with E-state index in [-0.39, 0.29) is 14.5 Å². The summed E-state index contributed by atoms with van der Waals surface area (Å²) < 4.78 is 7.69. The Bertz CT molecular complexity index is 1460. The van der Waals surface area contributed by atoms with Crippen molar-refractivity contribution in [3.8, 4) is 6.07 Å². The molecule has 0 radical (unpaired) electrons. The molecule has 3 heterocycles. The van der Waals surface area contributed by atoms with Crippen molar-refractivity contribution in [2.45, 2.75) is 0 Å². The predicted octanol–water partition coefficient (Wildman–Crippen LogP) is 3.85. The van der Waals surface area contributed by atoms with Crippen LogP contribution >= 0.6 is 0 Å². The van der Waals surface area contributed by atoms with Gasteiger partial charge in [-0.1, -0.05) is 0 Å². The van der Waals surface area contributed by atoms with Crippen LogP contribution in [-0.2, 0) is 0 Å². The van der Waals surface area contributed by atoms with E-state index in [9.17, 15) is 5.26 Å². The van der Waals surface area contributed by atoms with Crippen molar-refractivity contribution in [1.82, 2.24) is 4.98 Å². The van der Waals surface area contributed by atoms with E-state index in [4.69, 9.17) is 4.98 Å². The van der Waals surface area contributed by atoms with E-state index in [0.717, 1.165) is 14.8 Å². The third kappa shape index (κ3) is 3.63. The molecule has 3 nitrogen and oxygen atoms in total. The number of nitriles is 1. The van der Waals surface area contributed by atoms with Crippen LogP contribution in [0.1, 0.15) is 8.15 Å². The van der Waals surface area contributed by atoms with Crippen LogP contribution in [-0.4, -0.2) is 54.9 Å². The van der Waals surface area contributed by atoms with Gasteiger partial charge < -0.3 is 0 Å². The van der Waals surface area contributed by atoms with Crippen molar-refractivity contribution in [2.24, 2.45) is 0 Å². The molecule has 0 saturated carbocycles. The second-order valence-corrected chi connectivity index (χ2v) is 14.7. The Kier molecular flexibility index (Phi) is 5.42. The number of para-hydroxylation sites is 3. The zero-order valence-electron chi connectivity index (χ0n) is 16.7. The van der Waals surface area contributed by atoms with E-state index in [1.54, 1.807) is 0 Å². The number of nitrogens with zero attached hydrogens (tertiary/aromatic N) is 3. The van der Waals surface area contributed by atoms with Gasteiger partial charge >= 0.3 is 210 Å². The van der Waals surface area contributed by atoms with E-state index in [1.807, 2.05) is 12.1 Å². The third-order valence-electron chi connectivity index (χ3n) is 5.20. The fourth-order valence-electron chi connectivity index (χ4n) is 3.75. The van der Waals surface area contributed by atoms with Crippen molar-refractivity contribution in [3.63, 3.8) is 0 Å². The number of hydrogen-bond acceptors (Lipinski definition) is 3. The minimum atomic E-state index is -0.597. The second-order valence-electron chi connectivity index (χ2n) is 7.21. The topological polar surface area (TPSA) is 39.9 Å². The molecular weight excluding hydrogens is 640 g/mol. The van der Waals surface area contributed by atoms with E-state index >= 15 is 0 Å². The van der Waals surface area contributed by atoms with Crippen molar-refractivity contribution in [2.75, 3.05) is 4.90 Å². The summed E-state index contributed by atoms with van der Waals surface area (Å²) in [7, 11) is 0. The first-order valence-corrected chi connectivity index (χ1v) is 15.8. The van der Waals surface area contributed by atoms with E-state index in [0.29, 0.717) is 15.0 Å². The van der Waals surface area contributed by atoms with Crippen LogP contribution in [0.25, 0.3) is 20.6 Å². The van der Waals surface area contributed by atoms with Crippen LogP contribution < -0.4 is 13.8 Å². The number of benzene rings is 3. The zero-order valence-corrected chi connectivity index (χ0v) is 22.5. The Morgan fingerprint density at radius 2 is 1.56 bits per heavy atom. The van der Waals surface area contributed by atoms with Crippen LogP contribution in [0.4, 0.5) is 15.9 Å². The van der Waals surface area contributed by atoms with Gasteiger partial charge in [0, 0.05) is 0 Å². The Balaban J connectivity index is 1.42. The second kappa shape index (κ2) is 8.55. The van der Waals surface area contributed by atoms with Crippen molar-refractivity contribution < 1.29 is 0 Å². The van der Waals surface area contributed by atoms with Crippen LogP contribution in [0.15, 0.2) is 84.9 Å². The third-order valence-corrected chi connectivity index (χ3v) is 12.8. The molecular formula is C26H15N3Se2Te. The Morgan fingerprint density at radius 3 is 2.28 bits per heavy atom. The number of anilines is 3. The summed E-state index contributed by atoms with van der Waals surface area (Å²) in [6, 6.07) is 32.6. The van der Waals surface area contributed by atoms with Crippen molar-refractivity contribution in [3.05, 3.63) is 93.1 Å². The molecule has 0 amide bonds. The van der Waals surface area contributed by atoms with Gasteiger partial charge in [0.25, 0.3) is 0 Å². The quantitative estimate of drug-likeness (QED) is 0.215. The monoisotopic (exact) mass is 659 g/mol. The molecule has 0 bridgehead atoms. The first-order chi connectivity index (χ1) is 15.8. The normalized spacial score (nSPS) is 13.0. The Morgan fingerprint density at radius 1 is 0.875 bits per heavy atom. The summed E-state index contributed by atoms with van der Waals surface area (Å²) >= 11 is -0.153. The van der Waals surface area contributed by atoms with Crippen LogP contribution in [0.5, 0.6) is 0 Å². The predicted molar refractivity (Wildman–Crippen MR) is 135 cm³/mol. The SMILES string of the molecule is N#C/C(=C\c1ccc(N2c3ccccc3[Se]c3ccccc32)[se]1)c1nc2ccccc2[te]1. The van der Waals surface area contributed by atoms with E-state index in [1.165, 1.54) is 32.7 Å². The summed E-state index contributed by atoms with van der Waals surface area (Å²) in [6.45, 7) is 0. The van der Waals surface area contributed by atoms with Gasteiger partial charge in [-0.05, 0) is 0 Å². The van der Waals surface area contributed by atoms with Gasteiger partial charge in [0.1, 0.15) is 0 Å². The van der Waals surface area contributed by atoms with Gasteiger partial charge in [0.05, 0.1) is 0 Å². The molecule has 1 aliphatic heterocycles. The molecule has 152 valence electrons. The standard InChI is InChI=1S/C26H15N3Se2Te/c27-16-17(26-28-19-7-1-6-12-24(19)32-26)15-18-13-14-25(30-18)29-20-8-2-4-10-22(20)31-23-11-5-3-9-21(23)29/h1-15H/b17-15+. The minimum absolute atomic E-state index is 0.124. The molecule has 5 aromatic rings. The Hall–Kier alpha value is -2.33. The zero-order chi connectivity index (χ0) is 21.5. The fourth-order valence-corrected chi connectivity index (χ4v) is 10.7. The van der Waals surface area contributed by atoms with Crippen LogP contribution in [0.3, 0.4) is 0 Å². The molecule has 1 aliphatic rings. The molecule has 6 heteroatoms. The molecule has 0 aliphatic carbocycles. The fraction of sp³-hybridized carbons (Fsp3) is 0. The van der Waals surface area contributed by atoms with Gasteiger partial charge in [-0.25, -0.2) is 0 Å². The summed E-state index contributed by atoms with van der Waals surface area (Å²) in [4.78, 5) is 7.20. The number of allylic oxidation sites excluding steroid dienone is 1. The van der Waals surface area contributed by atoms with Gasteiger partial charge in [0.15, 0.2) is 0 Å². The summed E-state index contributed by atoms with van der Waals surface area (Å²) in [5.41, 5.74) is 4.36. The first kappa shape index (κ1) is 20.3. The van der Waals surface area contributed by atoms with Gasteiger partial charge in [-0.2, -0.15) is 0 Å². The summed E-state index contributed by atoms with van der Waals surface area (Å²) in [5, 5.41) is 9.88. The number of rotatable bonds is 3. The van der Waals surface area contributed by atoms with Gasteiger partial charge in [-0.15, -0.1) is 0 Å². The summed E-state index contributed by atoms with van der Waals surface area (Å²) in [6.07, 6.45) is 2.07. The van der Waals surface area contributed by atoms with Gasteiger partial charge in [-0.3, -0.25) is 0 Å². The number of hydrogen-bond donors (Lipinski definition) is 0. The molecule has 3 aromatic carbocycles. The number of aromatic nitrogens is 1. The average Bonchev–Trinajstić information content (AvgIpc) is 3.47. The Labute approximate surface area is 208 Å². The van der Waals surface area contributed by atoms with Crippen LogP contribution in [0.2, 0.25) is 0 Å². The molecule has 0 saturated heterocycles. The maximum atomic E-state index is 9.88. The van der Waals surface area contributed by atoms with Gasteiger partial charge in [0.2, 0.25) is 0 Å². The van der Waals surface area contributed by atoms with E-state index < -0.39 is 20.4 Å². The molecule has 0 N–H and O–H groups in total. The van der Waals surface area contributed by atoms with Crippen molar-refractivity contribution in [1.29, 1.82) is 5.26 Å². The van der Waals surface area contributed by atoms with Crippen molar-refractivity contribution >= 4 is 95.3 Å². The molecule has 32 heavy (non-hydrogen) atoms. The average molecular weight is 655 g/mol. The molecule has 0 spiro atoms. The van der Waals surface area contributed by atoms with E-state index in [2.05, 4.69) is 89.8 Å². The maximum absolute atomic E-state index is 9.88.